The Kier molecular flexibility index (Phi) is 7.36. The third kappa shape index (κ3) is 5.47. The Labute approximate surface area is 277 Å². The molecule has 0 atom stereocenters. The minimum Gasteiger partial charge on any atom is -0.310 e. The SMILES string of the molecule is Cc1ccc(C=Cc2ccc(N(c3ccc(C)cc3)c3ccc4c(c3)-c3ccccc3-c3ccccc3-c3ccccc3-4)cc2)cc1. The number of rotatable bonds is 5. The van der Waals surface area contributed by atoms with Gasteiger partial charge in [-0.05, 0) is 106 Å². The molecule has 1 aliphatic rings. The normalized spacial score (nSPS) is 11.5. The summed E-state index contributed by atoms with van der Waals surface area (Å²) in [6, 6.07) is 59.8. The molecule has 7 aromatic rings. The molecule has 1 nitrogen and oxygen atoms in total. The van der Waals surface area contributed by atoms with E-state index in [9.17, 15) is 0 Å². The standard InChI is InChI=1S/C46H35N/c1-32-15-19-34(20-16-32)21-22-35-23-27-37(28-24-35)47(36-25-17-33(2)18-26-36)38-29-30-45-43-13-6-5-11-41(43)39-9-3-4-10-40(39)42-12-7-8-14-44(42)46(45)31-38/h3-31H,1-2H3. The third-order valence-electron chi connectivity index (χ3n) is 9.19. The predicted molar refractivity (Wildman–Crippen MR) is 201 cm³/mol. The van der Waals surface area contributed by atoms with Crippen LogP contribution >= 0.6 is 0 Å². The summed E-state index contributed by atoms with van der Waals surface area (Å²) in [6.45, 7) is 4.26. The van der Waals surface area contributed by atoms with Crippen molar-refractivity contribution in [3.8, 4) is 44.5 Å². The summed E-state index contributed by atoms with van der Waals surface area (Å²) in [5.74, 6) is 0. The van der Waals surface area contributed by atoms with Gasteiger partial charge >= 0.3 is 0 Å². The smallest absolute Gasteiger partial charge is 0.0468 e. The molecule has 47 heavy (non-hydrogen) atoms. The number of nitrogens with zero attached hydrogens (tertiary/aromatic N) is 1. The van der Waals surface area contributed by atoms with Crippen molar-refractivity contribution in [2.45, 2.75) is 13.8 Å². The molecule has 0 radical (unpaired) electrons. The maximum absolute atomic E-state index is 2.38. The van der Waals surface area contributed by atoms with Crippen molar-refractivity contribution in [3.05, 3.63) is 186 Å². The number of anilines is 3. The highest BCUT2D eigenvalue weighted by Crippen LogP contribution is 2.49. The molecular weight excluding hydrogens is 567 g/mol. The van der Waals surface area contributed by atoms with E-state index in [1.165, 1.54) is 66.8 Å². The summed E-state index contributed by atoms with van der Waals surface area (Å²) >= 11 is 0. The molecular formula is C46H35N. The molecule has 0 unspecified atom stereocenters. The van der Waals surface area contributed by atoms with Crippen molar-refractivity contribution in [2.24, 2.45) is 0 Å². The van der Waals surface area contributed by atoms with Crippen LogP contribution in [0.2, 0.25) is 0 Å². The highest BCUT2D eigenvalue weighted by atomic mass is 15.1. The zero-order valence-electron chi connectivity index (χ0n) is 26.7. The maximum atomic E-state index is 2.38. The molecule has 0 fully saturated rings. The lowest BCUT2D eigenvalue weighted by Crippen LogP contribution is -2.10. The van der Waals surface area contributed by atoms with Gasteiger partial charge in [0.15, 0.2) is 0 Å². The molecule has 0 bridgehead atoms. The first-order valence-corrected chi connectivity index (χ1v) is 16.3. The molecule has 0 amide bonds. The predicted octanol–water partition coefficient (Wildman–Crippen LogP) is 12.9. The van der Waals surface area contributed by atoms with E-state index in [2.05, 4.69) is 195 Å². The van der Waals surface area contributed by atoms with E-state index in [0.29, 0.717) is 0 Å². The number of aryl methyl sites for hydroxylation is 2. The molecule has 0 heterocycles. The number of hydrogen-bond acceptors (Lipinski definition) is 1. The average Bonchev–Trinajstić information content (AvgIpc) is 3.12. The van der Waals surface area contributed by atoms with E-state index in [0.717, 1.165) is 17.1 Å². The quantitative estimate of drug-likeness (QED) is 0.177. The molecule has 0 spiro atoms. The van der Waals surface area contributed by atoms with E-state index in [-0.39, 0.29) is 0 Å². The first-order chi connectivity index (χ1) is 23.1. The molecule has 0 saturated heterocycles. The minimum absolute atomic E-state index is 1.12. The molecule has 7 aromatic carbocycles. The van der Waals surface area contributed by atoms with Crippen LogP contribution in [0, 0.1) is 13.8 Å². The van der Waals surface area contributed by atoms with Crippen LogP contribution in [0.5, 0.6) is 0 Å². The lowest BCUT2D eigenvalue weighted by molar-refractivity contribution is 1.27. The molecule has 8 rings (SSSR count). The minimum atomic E-state index is 1.12. The Morgan fingerprint density at radius 2 is 0.638 bits per heavy atom. The largest absolute Gasteiger partial charge is 0.310 e. The molecule has 0 N–H and O–H groups in total. The van der Waals surface area contributed by atoms with E-state index < -0.39 is 0 Å². The van der Waals surface area contributed by atoms with Crippen LogP contribution in [0.25, 0.3) is 56.7 Å². The molecule has 0 aromatic heterocycles. The van der Waals surface area contributed by atoms with E-state index in [4.69, 9.17) is 0 Å². The summed E-state index contributed by atoms with van der Waals surface area (Å²) in [7, 11) is 0. The lowest BCUT2D eigenvalue weighted by atomic mass is 9.81. The zero-order valence-corrected chi connectivity index (χ0v) is 26.7. The number of fused-ring (bicyclic) bond motifs is 8. The van der Waals surface area contributed by atoms with Gasteiger partial charge in [0, 0.05) is 17.1 Å². The van der Waals surface area contributed by atoms with Crippen LogP contribution in [0.3, 0.4) is 0 Å². The summed E-state index contributed by atoms with van der Waals surface area (Å²) in [5.41, 5.74) is 18.3. The van der Waals surface area contributed by atoms with Gasteiger partial charge in [0.1, 0.15) is 0 Å². The van der Waals surface area contributed by atoms with Gasteiger partial charge in [-0.1, -0.05) is 151 Å². The van der Waals surface area contributed by atoms with Crippen LogP contribution in [-0.4, -0.2) is 0 Å². The second-order valence-corrected chi connectivity index (χ2v) is 12.4. The highest BCUT2D eigenvalue weighted by Gasteiger charge is 2.23. The van der Waals surface area contributed by atoms with Crippen LogP contribution in [0.15, 0.2) is 164 Å². The third-order valence-corrected chi connectivity index (χ3v) is 9.19. The zero-order chi connectivity index (χ0) is 31.7. The van der Waals surface area contributed by atoms with Gasteiger partial charge in [-0.3, -0.25) is 0 Å². The maximum Gasteiger partial charge on any atom is 0.0468 e. The Hall–Kier alpha value is -5.92. The fraction of sp³-hybridized carbons (Fsp3) is 0.0435. The topological polar surface area (TPSA) is 3.24 Å². The summed E-state index contributed by atoms with van der Waals surface area (Å²) < 4.78 is 0. The molecule has 224 valence electrons. The van der Waals surface area contributed by atoms with Crippen molar-refractivity contribution in [1.29, 1.82) is 0 Å². The Morgan fingerprint density at radius 1 is 0.319 bits per heavy atom. The summed E-state index contributed by atoms with van der Waals surface area (Å²) in [5, 5.41) is 0. The summed E-state index contributed by atoms with van der Waals surface area (Å²) in [4.78, 5) is 2.37. The van der Waals surface area contributed by atoms with Crippen LogP contribution in [-0.2, 0) is 0 Å². The van der Waals surface area contributed by atoms with Gasteiger partial charge in [-0.2, -0.15) is 0 Å². The Bertz CT molecular complexity index is 2230. The van der Waals surface area contributed by atoms with Gasteiger partial charge in [0.05, 0.1) is 0 Å². The summed E-state index contributed by atoms with van der Waals surface area (Å²) in [6.07, 6.45) is 4.36. The van der Waals surface area contributed by atoms with Crippen LogP contribution < -0.4 is 4.90 Å². The molecule has 0 saturated carbocycles. The number of hydrogen-bond donors (Lipinski definition) is 0. The van der Waals surface area contributed by atoms with E-state index in [1.54, 1.807) is 0 Å². The van der Waals surface area contributed by atoms with Crippen molar-refractivity contribution >= 4 is 29.2 Å². The van der Waals surface area contributed by atoms with E-state index in [1.807, 2.05) is 0 Å². The van der Waals surface area contributed by atoms with Gasteiger partial charge in [-0.25, -0.2) is 0 Å². The van der Waals surface area contributed by atoms with Crippen molar-refractivity contribution in [2.75, 3.05) is 4.90 Å². The fourth-order valence-electron chi connectivity index (χ4n) is 6.73. The first-order valence-electron chi connectivity index (χ1n) is 16.3. The lowest BCUT2D eigenvalue weighted by Gasteiger charge is -2.28. The van der Waals surface area contributed by atoms with Crippen molar-refractivity contribution < 1.29 is 0 Å². The van der Waals surface area contributed by atoms with Gasteiger partial charge in [-0.15, -0.1) is 0 Å². The number of benzene rings is 7. The van der Waals surface area contributed by atoms with E-state index >= 15 is 0 Å². The van der Waals surface area contributed by atoms with Gasteiger partial charge in [0.2, 0.25) is 0 Å². The van der Waals surface area contributed by atoms with Gasteiger partial charge in [0.25, 0.3) is 0 Å². The Morgan fingerprint density at radius 3 is 1.09 bits per heavy atom. The fourth-order valence-corrected chi connectivity index (χ4v) is 6.73. The monoisotopic (exact) mass is 601 g/mol. The molecule has 1 aliphatic carbocycles. The van der Waals surface area contributed by atoms with Crippen molar-refractivity contribution in [1.82, 2.24) is 0 Å². The second kappa shape index (κ2) is 12.1. The molecule has 1 heteroatoms. The second-order valence-electron chi connectivity index (χ2n) is 12.4. The van der Waals surface area contributed by atoms with Crippen LogP contribution in [0.4, 0.5) is 17.1 Å². The Balaban J connectivity index is 1.28. The highest BCUT2D eigenvalue weighted by molar-refractivity contribution is 6.04. The first kappa shape index (κ1) is 28.5. The molecule has 0 aliphatic heterocycles. The van der Waals surface area contributed by atoms with Crippen molar-refractivity contribution in [3.63, 3.8) is 0 Å². The average molecular weight is 602 g/mol. The van der Waals surface area contributed by atoms with Gasteiger partial charge < -0.3 is 4.90 Å². The van der Waals surface area contributed by atoms with Crippen LogP contribution in [0.1, 0.15) is 22.3 Å².